The molecule has 0 fully saturated rings. The van der Waals surface area contributed by atoms with E-state index in [0.29, 0.717) is 5.69 Å². The van der Waals surface area contributed by atoms with Gasteiger partial charge in [0, 0.05) is 12.5 Å². The molecule has 0 aromatic heterocycles. The van der Waals surface area contributed by atoms with Crippen molar-refractivity contribution in [2.24, 2.45) is 0 Å². The average molecular weight is 229 g/mol. The Morgan fingerprint density at radius 3 is 2.47 bits per heavy atom. The number of hydrogen-bond acceptors (Lipinski definition) is 2. The molecule has 3 nitrogen and oxygen atoms in total. The summed E-state index contributed by atoms with van der Waals surface area (Å²) in [5, 5.41) is 0.884. The third-order valence-electron chi connectivity index (χ3n) is 1.50. The SMILES string of the molecule is C=CS(=O)(=O)Nc1cccc(C)c1.CC.[HH]. The third kappa shape index (κ3) is 5.22. The minimum Gasteiger partial charge on any atom is -0.280 e. The summed E-state index contributed by atoms with van der Waals surface area (Å²) in [6.07, 6.45) is 0. The highest BCUT2D eigenvalue weighted by Crippen LogP contribution is 2.11. The van der Waals surface area contributed by atoms with Gasteiger partial charge in [0.2, 0.25) is 0 Å². The van der Waals surface area contributed by atoms with Crippen LogP contribution >= 0.6 is 0 Å². The molecule has 0 spiro atoms. The predicted octanol–water partition coefficient (Wildman–Crippen LogP) is 3.15. The van der Waals surface area contributed by atoms with Gasteiger partial charge in [-0.05, 0) is 24.6 Å². The fraction of sp³-hybridized carbons (Fsp3) is 0.273. The lowest BCUT2D eigenvalue weighted by Crippen LogP contribution is -2.08. The minimum atomic E-state index is -3.38. The smallest absolute Gasteiger partial charge is 0.254 e. The molecule has 0 unspecified atom stereocenters. The predicted molar refractivity (Wildman–Crippen MR) is 67.4 cm³/mol. The van der Waals surface area contributed by atoms with Crippen molar-refractivity contribution in [1.29, 1.82) is 0 Å². The summed E-state index contributed by atoms with van der Waals surface area (Å²) in [6, 6.07) is 7.12. The van der Waals surface area contributed by atoms with E-state index in [4.69, 9.17) is 0 Å². The highest BCUT2D eigenvalue weighted by Gasteiger charge is 2.02. The Labute approximate surface area is 93.4 Å². The van der Waals surface area contributed by atoms with Crippen molar-refractivity contribution >= 4 is 15.7 Å². The van der Waals surface area contributed by atoms with Gasteiger partial charge in [0.05, 0.1) is 0 Å². The topological polar surface area (TPSA) is 46.2 Å². The molecule has 0 saturated carbocycles. The third-order valence-corrected chi connectivity index (χ3v) is 2.46. The van der Waals surface area contributed by atoms with Crippen molar-refractivity contribution in [2.45, 2.75) is 20.8 Å². The lowest BCUT2D eigenvalue weighted by atomic mass is 10.2. The van der Waals surface area contributed by atoms with Crippen LogP contribution in [-0.4, -0.2) is 8.42 Å². The zero-order valence-electron chi connectivity index (χ0n) is 9.32. The Hall–Kier alpha value is -1.29. The maximum Gasteiger partial charge on any atom is 0.254 e. The van der Waals surface area contributed by atoms with E-state index in [1.807, 2.05) is 26.8 Å². The van der Waals surface area contributed by atoms with Crippen LogP contribution in [0.15, 0.2) is 36.3 Å². The lowest BCUT2D eigenvalue weighted by Gasteiger charge is -2.03. The second kappa shape index (κ2) is 6.24. The number of aryl methyl sites for hydroxylation is 1. The molecule has 0 atom stereocenters. The molecule has 1 aromatic carbocycles. The van der Waals surface area contributed by atoms with Gasteiger partial charge >= 0.3 is 0 Å². The molecule has 0 radical (unpaired) electrons. The number of rotatable bonds is 3. The molecule has 1 N–H and O–H groups in total. The van der Waals surface area contributed by atoms with E-state index >= 15 is 0 Å². The second-order valence-electron chi connectivity index (χ2n) is 2.68. The van der Waals surface area contributed by atoms with E-state index in [1.54, 1.807) is 18.2 Å². The first-order valence-corrected chi connectivity index (χ1v) is 6.30. The highest BCUT2D eigenvalue weighted by molar-refractivity contribution is 7.95. The molecule has 86 valence electrons. The van der Waals surface area contributed by atoms with Crippen LogP contribution in [0.25, 0.3) is 0 Å². The second-order valence-corrected chi connectivity index (χ2v) is 4.31. The van der Waals surface area contributed by atoms with Gasteiger partial charge in [-0.3, -0.25) is 4.72 Å². The lowest BCUT2D eigenvalue weighted by molar-refractivity contribution is 0.609. The van der Waals surface area contributed by atoms with Crippen LogP contribution < -0.4 is 4.72 Å². The van der Waals surface area contributed by atoms with Crippen LogP contribution in [0.4, 0.5) is 5.69 Å². The minimum absolute atomic E-state index is 0. The summed E-state index contributed by atoms with van der Waals surface area (Å²) < 4.78 is 24.5. The van der Waals surface area contributed by atoms with Gasteiger partial charge < -0.3 is 0 Å². The average Bonchev–Trinajstić information content (AvgIpc) is 2.20. The van der Waals surface area contributed by atoms with Gasteiger partial charge in [0.1, 0.15) is 0 Å². The van der Waals surface area contributed by atoms with Gasteiger partial charge in [-0.25, -0.2) is 8.42 Å². The molecule has 0 aliphatic heterocycles. The summed E-state index contributed by atoms with van der Waals surface area (Å²) >= 11 is 0. The maximum atomic E-state index is 11.1. The maximum absolute atomic E-state index is 11.1. The molecule has 15 heavy (non-hydrogen) atoms. The fourth-order valence-corrected chi connectivity index (χ4v) is 1.45. The molecule has 0 heterocycles. The van der Waals surface area contributed by atoms with E-state index in [2.05, 4.69) is 11.3 Å². The molecule has 1 aromatic rings. The van der Waals surface area contributed by atoms with Crippen LogP contribution in [0.3, 0.4) is 0 Å². The largest absolute Gasteiger partial charge is 0.280 e. The Kier molecular flexibility index (Phi) is 5.70. The number of sulfonamides is 1. The summed E-state index contributed by atoms with van der Waals surface area (Å²) in [5.41, 5.74) is 1.56. The van der Waals surface area contributed by atoms with E-state index in [9.17, 15) is 8.42 Å². The number of anilines is 1. The van der Waals surface area contributed by atoms with Crippen molar-refractivity contribution in [3.63, 3.8) is 0 Å². The zero-order chi connectivity index (χ0) is 11.9. The van der Waals surface area contributed by atoms with Gasteiger partial charge in [-0.15, -0.1) is 0 Å². The number of nitrogens with one attached hydrogen (secondary N) is 1. The van der Waals surface area contributed by atoms with Gasteiger partial charge in [-0.1, -0.05) is 32.6 Å². The monoisotopic (exact) mass is 229 g/mol. The molecule has 0 aliphatic rings. The molecule has 1 rings (SSSR count). The van der Waals surface area contributed by atoms with Crippen LogP contribution in [0.2, 0.25) is 0 Å². The first-order valence-electron chi connectivity index (χ1n) is 4.75. The van der Waals surface area contributed by atoms with Gasteiger partial charge in [-0.2, -0.15) is 0 Å². The van der Waals surface area contributed by atoms with Crippen molar-refractivity contribution in [2.75, 3.05) is 4.72 Å². The van der Waals surface area contributed by atoms with Crippen LogP contribution in [0.5, 0.6) is 0 Å². The van der Waals surface area contributed by atoms with Crippen molar-refractivity contribution in [1.82, 2.24) is 0 Å². The molecule has 0 amide bonds. The Bertz CT molecular complexity index is 416. The quantitative estimate of drug-likeness (QED) is 0.865. The molecule has 0 aliphatic carbocycles. The Balaban J connectivity index is 0. The van der Waals surface area contributed by atoms with Crippen LogP contribution in [-0.2, 0) is 10.0 Å². The number of benzene rings is 1. The molecular weight excluding hydrogens is 210 g/mol. The van der Waals surface area contributed by atoms with Crippen LogP contribution in [0.1, 0.15) is 20.8 Å². The van der Waals surface area contributed by atoms with E-state index in [-0.39, 0.29) is 1.43 Å². The zero-order valence-corrected chi connectivity index (χ0v) is 10.1. The van der Waals surface area contributed by atoms with Crippen molar-refractivity contribution in [3.8, 4) is 0 Å². The fourth-order valence-electron chi connectivity index (χ4n) is 0.914. The summed E-state index contributed by atoms with van der Waals surface area (Å²) in [4.78, 5) is 0. The highest BCUT2D eigenvalue weighted by atomic mass is 32.2. The molecular formula is C11H19NO2S. The molecule has 4 heteroatoms. The Morgan fingerprint density at radius 1 is 1.40 bits per heavy atom. The van der Waals surface area contributed by atoms with Crippen molar-refractivity contribution in [3.05, 3.63) is 41.8 Å². The first-order chi connectivity index (χ1) is 7.03. The summed E-state index contributed by atoms with van der Waals surface area (Å²) in [5.74, 6) is 0. The van der Waals surface area contributed by atoms with Gasteiger partial charge in [0.25, 0.3) is 10.0 Å². The van der Waals surface area contributed by atoms with Crippen LogP contribution in [0, 0.1) is 6.92 Å². The van der Waals surface area contributed by atoms with E-state index in [0.717, 1.165) is 11.0 Å². The first kappa shape index (κ1) is 13.7. The number of hydrogen-bond donors (Lipinski definition) is 1. The Morgan fingerprint density at radius 2 is 2.00 bits per heavy atom. The normalized spacial score (nSPS) is 9.80. The summed E-state index contributed by atoms with van der Waals surface area (Å²) in [6.45, 7) is 9.10. The molecule has 0 bridgehead atoms. The van der Waals surface area contributed by atoms with E-state index < -0.39 is 10.0 Å². The molecule has 0 saturated heterocycles. The summed E-state index contributed by atoms with van der Waals surface area (Å²) in [7, 11) is -3.38. The standard InChI is InChI=1S/C9H11NO2S.C2H6.H2/c1-3-13(11,12)10-9-6-4-5-8(2)7-9;1-2;/h3-7,10H,1H2,2H3;1-2H3;1H. The van der Waals surface area contributed by atoms with Crippen molar-refractivity contribution < 1.29 is 9.84 Å². The van der Waals surface area contributed by atoms with E-state index in [1.165, 1.54) is 0 Å². The van der Waals surface area contributed by atoms with Gasteiger partial charge in [0.15, 0.2) is 0 Å².